The van der Waals surface area contributed by atoms with E-state index in [1.54, 1.807) is 41.9 Å². The minimum Gasteiger partial charge on any atom is -0.330 e. The van der Waals surface area contributed by atoms with Crippen LogP contribution < -0.4 is 10.6 Å². The van der Waals surface area contributed by atoms with Gasteiger partial charge in [-0.1, -0.05) is 0 Å². The molecule has 0 fully saturated rings. The van der Waals surface area contributed by atoms with Gasteiger partial charge in [-0.2, -0.15) is 5.10 Å². The second-order valence-electron chi connectivity index (χ2n) is 4.88. The fourth-order valence-corrected chi connectivity index (χ4v) is 2.17. The van der Waals surface area contributed by atoms with Crippen LogP contribution in [0.15, 0.2) is 30.5 Å². The molecule has 0 unspecified atom stereocenters. The Balaban J connectivity index is 2.33. The molecule has 1 aromatic heterocycles. The highest BCUT2D eigenvalue weighted by molar-refractivity contribution is 6.06. The van der Waals surface area contributed by atoms with Gasteiger partial charge in [0, 0.05) is 25.5 Å². The van der Waals surface area contributed by atoms with Crippen molar-refractivity contribution in [1.82, 2.24) is 9.78 Å². The Labute approximate surface area is 123 Å². The number of carbonyl (C=O) groups is 1. The number of aromatic nitrogens is 2. The first-order valence-corrected chi connectivity index (χ1v) is 6.80. The average Bonchev–Trinajstić information content (AvgIpc) is 2.79. The van der Waals surface area contributed by atoms with Crippen molar-refractivity contribution < 1.29 is 9.18 Å². The third-order valence-electron chi connectivity index (χ3n) is 3.21. The van der Waals surface area contributed by atoms with E-state index in [9.17, 15) is 9.18 Å². The van der Waals surface area contributed by atoms with Crippen LogP contribution in [0.1, 0.15) is 22.5 Å². The van der Waals surface area contributed by atoms with Crippen LogP contribution in [0.2, 0.25) is 0 Å². The van der Waals surface area contributed by atoms with Gasteiger partial charge in [-0.05, 0) is 44.2 Å². The summed E-state index contributed by atoms with van der Waals surface area (Å²) in [6.07, 6.45) is 2.36. The van der Waals surface area contributed by atoms with E-state index in [1.807, 2.05) is 0 Å². The van der Waals surface area contributed by atoms with Crippen LogP contribution in [0, 0.1) is 12.7 Å². The number of hydrogen-bond donors (Lipinski definition) is 1. The smallest absolute Gasteiger partial charge is 0.261 e. The second kappa shape index (κ2) is 6.49. The van der Waals surface area contributed by atoms with Crippen LogP contribution in [-0.2, 0) is 7.05 Å². The van der Waals surface area contributed by atoms with E-state index in [1.165, 1.54) is 12.1 Å². The molecule has 0 aliphatic carbocycles. The third kappa shape index (κ3) is 3.46. The van der Waals surface area contributed by atoms with Crippen molar-refractivity contribution in [2.75, 3.05) is 18.0 Å². The molecule has 2 rings (SSSR count). The molecule has 0 aliphatic heterocycles. The second-order valence-corrected chi connectivity index (χ2v) is 4.88. The van der Waals surface area contributed by atoms with Gasteiger partial charge >= 0.3 is 0 Å². The number of nitrogens with zero attached hydrogens (tertiary/aromatic N) is 3. The van der Waals surface area contributed by atoms with Gasteiger partial charge < -0.3 is 10.6 Å². The number of hydrogen-bond acceptors (Lipinski definition) is 3. The first-order valence-electron chi connectivity index (χ1n) is 6.80. The van der Waals surface area contributed by atoms with E-state index in [2.05, 4.69) is 5.10 Å². The van der Waals surface area contributed by atoms with E-state index in [4.69, 9.17) is 5.73 Å². The summed E-state index contributed by atoms with van der Waals surface area (Å²) in [4.78, 5) is 14.3. The fourth-order valence-electron chi connectivity index (χ4n) is 2.17. The topological polar surface area (TPSA) is 64.2 Å². The van der Waals surface area contributed by atoms with Gasteiger partial charge in [0.2, 0.25) is 0 Å². The molecule has 0 atom stereocenters. The highest BCUT2D eigenvalue weighted by atomic mass is 19.1. The summed E-state index contributed by atoms with van der Waals surface area (Å²) in [5.41, 5.74) is 7.40. The summed E-state index contributed by atoms with van der Waals surface area (Å²) in [5.74, 6) is -0.483. The van der Waals surface area contributed by atoms with Crippen LogP contribution in [0.5, 0.6) is 0 Å². The molecule has 0 saturated carbocycles. The third-order valence-corrected chi connectivity index (χ3v) is 3.21. The molecule has 0 saturated heterocycles. The molecule has 1 amide bonds. The quantitative estimate of drug-likeness (QED) is 0.914. The van der Waals surface area contributed by atoms with Crippen molar-refractivity contribution in [3.05, 3.63) is 47.5 Å². The summed E-state index contributed by atoms with van der Waals surface area (Å²) in [5, 5.41) is 4.19. The molecule has 112 valence electrons. The van der Waals surface area contributed by atoms with E-state index in [-0.39, 0.29) is 11.7 Å². The molecule has 5 nitrogen and oxygen atoms in total. The van der Waals surface area contributed by atoms with Gasteiger partial charge in [0.1, 0.15) is 5.82 Å². The number of amides is 1. The largest absolute Gasteiger partial charge is 0.330 e. The minimum atomic E-state index is -0.331. The SMILES string of the molecule is Cc1nn(C)cc1C(=O)N(CCCN)c1ccc(F)cc1. The normalized spacial score (nSPS) is 10.7. The van der Waals surface area contributed by atoms with Crippen molar-refractivity contribution in [3.63, 3.8) is 0 Å². The molecule has 21 heavy (non-hydrogen) atoms. The van der Waals surface area contributed by atoms with Gasteiger partial charge in [-0.3, -0.25) is 9.48 Å². The maximum absolute atomic E-state index is 13.1. The van der Waals surface area contributed by atoms with E-state index < -0.39 is 0 Å². The Morgan fingerprint density at radius 3 is 2.57 bits per heavy atom. The van der Waals surface area contributed by atoms with Gasteiger partial charge in [-0.25, -0.2) is 4.39 Å². The van der Waals surface area contributed by atoms with Gasteiger partial charge in [0.05, 0.1) is 11.3 Å². The lowest BCUT2D eigenvalue weighted by Crippen LogP contribution is -2.33. The van der Waals surface area contributed by atoms with Crippen molar-refractivity contribution in [2.24, 2.45) is 12.8 Å². The standard InChI is InChI=1S/C15H19FN4O/c1-11-14(10-19(2)18-11)15(21)20(9-3-8-17)13-6-4-12(16)5-7-13/h4-7,10H,3,8-9,17H2,1-2H3. The Hall–Kier alpha value is -2.21. The zero-order chi connectivity index (χ0) is 15.4. The Morgan fingerprint density at radius 1 is 1.38 bits per heavy atom. The van der Waals surface area contributed by atoms with Gasteiger partial charge in [0.25, 0.3) is 5.91 Å². The Kier molecular flexibility index (Phi) is 4.70. The summed E-state index contributed by atoms with van der Waals surface area (Å²) in [7, 11) is 1.77. The number of nitrogens with two attached hydrogens (primary N) is 1. The molecule has 0 spiro atoms. The zero-order valence-corrected chi connectivity index (χ0v) is 12.2. The Morgan fingerprint density at radius 2 is 2.05 bits per heavy atom. The molecule has 0 aliphatic rings. The molecule has 0 radical (unpaired) electrons. The first kappa shape index (κ1) is 15.2. The van der Waals surface area contributed by atoms with E-state index >= 15 is 0 Å². The molecule has 0 bridgehead atoms. The maximum atomic E-state index is 13.1. The maximum Gasteiger partial charge on any atom is 0.261 e. The Bertz CT molecular complexity index is 621. The molecule has 2 aromatic rings. The molecular weight excluding hydrogens is 271 g/mol. The number of halogens is 1. The van der Waals surface area contributed by atoms with Crippen molar-refractivity contribution in [1.29, 1.82) is 0 Å². The average molecular weight is 290 g/mol. The van der Waals surface area contributed by atoms with Crippen molar-refractivity contribution in [2.45, 2.75) is 13.3 Å². The molecular formula is C15H19FN4O. The van der Waals surface area contributed by atoms with E-state index in [0.29, 0.717) is 36.5 Å². The van der Waals surface area contributed by atoms with Crippen LogP contribution >= 0.6 is 0 Å². The monoisotopic (exact) mass is 290 g/mol. The number of benzene rings is 1. The molecule has 1 aromatic carbocycles. The van der Waals surface area contributed by atoms with Crippen LogP contribution in [0.3, 0.4) is 0 Å². The lowest BCUT2D eigenvalue weighted by atomic mass is 10.2. The van der Waals surface area contributed by atoms with Crippen molar-refractivity contribution >= 4 is 11.6 Å². The lowest BCUT2D eigenvalue weighted by Gasteiger charge is -2.22. The van der Waals surface area contributed by atoms with Crippen LogP contribution in [0.25, 0.3) is 0 Å². The number of rotatable bonds is 5. The van der Waals surface area contributed by atoms with Crippen molar-refractivity contribution in [3.8, 4) is 0 Å². The van der Waals surface area contributed by atoms with Gasteiger partial charge in [-0.15, -0.1) is 0 Å². The lowest BCUT2D eigenvalue weighted by molar-refractivity contribution is 0.0986. The zero-order valence-electron chi connectivity index (χ0n) is 12.2. The van der Waals surface area contributed by atoms with Crippen LogP contribution in [0.4, 0.5) is 10.1 Å². The van der Waals surface area contributed by atoms with E-state index in [0.717, 1.165) is 0 Å². The number of anilines is 1. The fraction of sp³-hybridized carbons (Fsp3) is 0.333. The van der Waals surface area contributed by atoms with Crippen LogP contribution in [-0.4, -0.2) is 28.8 Å². The summed E-state index contributed by atoms with van der Waals surface area (Å²) < 4.78 is 14.7. The highest BCUT2D eigenvalue weighted by Crippen LogP contribution is 2.19. The molecule has 6 heteroatoms. The minimum absolute atomic E-state index is 0.152. The summed E-state index contributed by atoms with van der Waals surface area (Å²) >= 11 is 0. The summed E-state index contributed by atoms with van der Waals surface area (Å²) in [6, 6.07) is 5.87. The number of aryl methyl sites for hydroxylation is 2. The molecule has 1 heterocycles. The predicted molar refractivity (Wildman–Crippen MR) is 79.7 cm³/mol. The first-order chi connectivity index (χ1) is 10.0. The highest BCUT2D eigenvalue weighted by Gasteiger charge is 2.21. The summed E-state index contributed by atoms with van der Waals surface area (Å²) in [6.45, 7) is 2.76. The predicted octanol–water partition coefficient (Wildman–Crippen LogP) is 1.86. The number of carbonyl (C=O) groups excluding carboxylic acids is 1. The molecule has 2 N–H and O–H groups in total. The van der Waals surface area contributed by atoms with Gasteiger partial charge in [0.15, 0.2) is 0 Å².